The molecule has 1 aromatic heterocycles. The molecule has 0 spiro atoms. The predicted molar refractivity (Wildman–Crippen MR) is 50.4 cm³/mol. The highest BCUT2D eigenvalue weighted by Gasteiger charge is 2.04. The molecule has 0 aliphatic rings. The maximum absolute atomic E-state index is 8.74. The molecule has 4 nitrogen and oxygen atoms in total. The van der Waals surface area contributed by atoms with E-state index in [-0.39, 0.29) is 0 Å². The highest BCUT2D eigenvalue weighted by atomic mass is 15.1. The second kappa shape index (κ2) is 2.79. The van der Waals surface area contributed by atoms with Crippen molar-refractivity contribution in [3.63, 3.8) is 0 Å². The molecule has 0 aliphatic carbocycles. The summed E-state index contributed by atoms with van der Waals surface area (Å²) in [6.07, 6.45) is 0. The SMILES string of the molecule is CNc1ccc2[nH]nc(C#N)c2c1. The number of anilines is 1. The first-order valence-corrected chi connectivity index (χ1v) is 3.91. The van der Waals surface area contributed by atoms with E-state index >= 15 is 0 Å². The number of aromatic nitrogens is 2. The number of fused-ring (bicyclic) bond motifs is 1. The molecule has 13 heavy (non-hydrogen) atoms. The van der Waals surface area contributed by atoms with Crippen molar-refractivity contribution in [2.45, 2.75) is 0 Å². The second-order valence-electron chi connectivity index (χ2n) is 2.69. The van der Waals surface area contributed by atoms with Gasteiger partial charge in [-0.25, -0.2) is 0 Å². The summed E-state index contributed by atoms with van der Waals surface area (Å²) >= 11 is 0. The molecule has 1 aromatic carbocycles. The highest BCUT2D eigenvalue weighted by molar-refractivity contribution is 5.86. The minimum absolute atomic E-state index is 0.437. The molecule has 1 heterocycles. The van der Waals surface area contributed by atoms with Gasteiger partial charge in [0.15, 0.2) is 5.69 Å². The number of H-pyrrole nitrogens is 1. The summed E-state index contributed by atoms with van der Waals surface area (Å²) in [7, 11) is 1.84. The van der Waals surface area contributed by atoms with Crippen molar-refractivity contribution in [1.29, 1.82) is 5.26 Å². The molecule has 0 saturated carbocycles. The van der Waals surface area contributed by atoms with Gasteiger partial charge < -0.3 is 5.32 Å². The number of hydrogen-bond donors (Lipinski definition) is 2. The number of nitriles is 1. The van der Waals surface area contributed by atoms with Crippen molar-refractivity contribution < 1.29 is 0 Å². The van der Waals surface area contributed by atoms with Gasteiger partial charge in [-0.15, -0.1) is 0 Å². The molecular formula is C9H8N4. The fourth-order valence-electron chi connectivity index (χ4n) is 1.25. The van der Waals surface area contributed by atoms with Gasteiger partial charge >= 0.3 is 0 Å². The van der Waals surface area contributed by atoms with Crippen LogP contribution in [0, 0.1) is 11.3 Å². The zero-order valence-corrected chi connectivity index (χ0v) is 7.13. The Hall–Kier alpha value is -2.02. The number of hydrogen-bond acceptors (Lipinski definition) is 3. The quantitative estimate of drug-likeness (QED) is 0.684. The largest absolute Gasteiger partial charge is 0.388 e. The van der Waals surface area contributed by atoms with Crippen LogP contribution in [0.25, 0.3) is 10.9 Å². The number of nitrogens with one attached hydrogen (secondary N) is 2. The summed E-state index contributed by atoms with van der Waals surface area (Å²) < 4.78 is 0. The van der Waals surface area contributed by atoms with E-state index in [2.05, 4.69) is 15.5 Å². The lowest BCUT2D eigenvalue weighted by Gasteiger charge is -1.97. The molecule has 0 radical (unpaired) electrons. The lowest BCUT2D eigenvalue weighted by atomic mass is 10.2. The van der Waals surface area contributed by atoms with E-state index in [1.807, 2.05) is 31.3 Å². The van der Waals surface area contributed by atoms with Crippen LogP contribution in [0.15, 0.2) is 18.2 Å². The topological polar surface area (TPSA) is 64.5 Å². The standard InChI is InChI=1S/C9H8N4/c1-11-6-2-3-8-7(4-6)9(5-10)13-12-8/h2-4,11H,1H3,(H,12,13). The van der Waals surface area contributed by atoms with Gasteiger partial charge in [-0.3, -0.25) is 5.10 Å². The average molecular weight is 172 g/mol. The van der Waals surface area contributed by atoms with Crippen LogP contribution in [0.5, 0.6) is 0 Å². The van der Waals surface area contributed by atoms with Gasteiger partial charge in [0, 0.05) is 18.1 Å². The smallest absolute Gasteiger partial charge is 0.170 e. The van der Waals surface area contributed by atoms with E-state index in [4.69, 9.17) is 5.26 Å². The molecule has 64 valence electrons. The number of rotatable bonds is 1. The molecule has 0 atom stereocenters. The molecule has 0 bridgehead atoms. The van der Waals surface area contributed by atoms with Crippen molar-refractivity contribution in [3.05, 3.63) is 23.9 Å². The number of nitrogens with zero attached hydrogens (tertiary/aromatic N) is 2. The molecule has 0 fully saturated rings. The van der Waals surface area contributed by atoms with E-state index in [1.54, 1.807) is 0 Å². The van der Waals surface area contributed by atoms with Crippen molar-refractivity contribution >= 4 is 16.6 Å². The van der Waals surface area contributed by atoms with E-state index in [1.165, 1.54) is 0 Å². The Morgan fingerprint density at radius 1 is 1.54 bits per heavy atom. The van der Waals surface area contributed by atoms with E-state index < -0.39 is 0 Å². The third-order valence-electron chi connectivity index (χ3n) is 1.96. The average Bonchev–Trinajstić information content (AvgIpc) is 2.59. The summed E-state index contributed by atoms with van der Waals surface area (Å²) in [5, 5.41) is 19.3. The fourth-order valence-corrected chi connectivity index (χ4v) is 1.25. The van der Waals surface area contributed by atoms with Gasteiger partial charge in [0.2, 0.25) is 0 Å². The molecule has 0 aliphatic heterocycles. The third kappa shape index (κ3) is 1.11. The van der Waals surface area contributed by atoms with Crippen LogP contribution < -0.4 is 5.32 Å². The molecule has 2 N–H and O–H groups in total. The first kappa shape index (κ1) is 7.62. The van der Waals surface area contributed by atoms with Crippen molar-refractivity contribution in [1.82, 2.24) is 10.2 Å². The van der Waals surface area contributed by atoms with Crippen molar-refractivity contribution in [2.75, 3.05) is 12.4 Å². The Kier molecular flexibility index (Phi) is 1.64. The van der Waals surface area contributed by atoms with Crippen molar-refractivity contribution in [3.8, 4) is 6.07 Å². The predicted octanol–water partition coefficient (Wildman–Crippen LogP) is 1.48. The van der Waals surface area contributed by atoms with Crippen LogP contribution in [-0.4, -0.2) is 17.2 Å². The monoisotopic (exact) mass is 172 g/mol. The Balaban J connectivity index is 2.73. The zero-order valence-electron chi connectivity index (χ0n) is 7.13. The second-order valence-corrected chi connectivity index (χ2v) is 2.69. The van der Waals surface area contributed by atoms with Crippen molar-refractivity contribution in [2.24, 2.45) is 0 Å². The molecule has 4 heteroatoms. The molecule has 0 amide bonds. The fraction of sp³-hybridized carbons (Fsp3) is 0.111. The number of benzene rings is 1. The molecule has 2 rings (SSSR count). The molecular weight excluding hydrogens is 164 g/mol. The summed E-state index contributed by atoms with van der Waals surface area (Å²) in [5.74, 6) is 0. The van der Waals surface area contributed by atoms with Gasteiger partial charge in [0.05, 0.1) is 5.52 Å². The Labute approximate surface area is 75.2 Å². The third-order valence-corrected chi connectivity index (χ3v) is 1.96. The van der Waals surface area contributed by atoms with Crippen LogP contribution in [0.2, 0.25) is 0 Å². The molecule has 0 unspecified atom stereocenters. The Morgan fingerprint density at radius 2 is 2.38 bits per heavy atom. The van der Waals surface area contributed by atoms with Gasteiger partial charge in [-0.2, -0.15) is 10.4 Å². The Bertz CT molecular complexity index is 478. The first-order valence-electron chi connectivity index (χ1n) is 3.91. The van der Waals surface area contributed by atoms with Crippen LogP contribution in [0.4, 0.5) is 5.69 Å². The summed E-state index contributed by atoms with van der Waals surface area (Å²) in [4.78, 5) is 0. The molecule has 2 aromatic rings. The van der Waals surface area contributed by atoms with Crippen LogP contribution in [0.3, 0.4) is 0 Å². The van der Waals surface area contributed by atoms with Crippen LogP contribution >= 0.6 is 0 Å². The minimum Gasteiger partial charge on any atom is -0.388 e. The maximum atomic E-state index is 8.74. The summed E-state index contributed by atoms with van der Waals surface area (Å²) in [6, 6.07) is 7.76. The lowest BCUT2D eigenvalue weighted by molar-refractivity contribution is 1.10. The van der Waals surface area contributed by atoms with Gasteiger partial charge in [-0.1, -0.05) is 0 Å². The number of aromatic amines is 1. The minimum atomic E-state index is 0.437. The normalized spacial score (nSPS) is 9.85. The summed E-state index contributed by atoms with van der Waals surface area (Å²) in [5.41, 5.74) is 2.30. The van der Waals surface area contributed by atoms with E-state index in [0.29, 0.717) is 5.69 Å². The lowest BCUT2D eigenvalue weighted by Crippen LogP contribution is -1.86. The zero-order chi connectivity index (χ0) is 9.26. The van der Waals surface area contributed by atoms with Gasteiger partial charge in [0.1, 0.15) is 6.07 Å². The van der Waals surface area contributed by atoms with Crippen LogP contribution in [0.1, 0.15) is 5.69 Å². The van der Waals surface area contributed by atoms with E-state index in [9.17, 15) is 0 Å². The van der Waals surface area contributed by atoms with Crippen LogP contribution in [-0.2, 0) is 0 Å². The van der Waals surface area contributed by atoms with Gasteiger partial charge in [0.25, 0.3) is 0 Å². The Morgan fingerprint density at radius 3 is 3.08 bits per heavy atom. The highest BCUT2D eigenvalue weighted by Crippen LogP contribution is 2.19. The van der Waals surface area contributed by atoms with Gasteiger partial charge in [-0.05, 0) is 18.2 Å². The molecule has 0 saturated heterocycles. The van der Waals surface area contributed by atoms with E-state index in [0.717, 1.165) is 16.6 Å². The maximum Gasteiger partial charge on any atom is 0.170 e. The first-order chi connectivity index (χ1) is 6.35. The summed E-state index contributed by atoms with van der Waals surface area (Å²) in [6.45, 7) is 0.